The standard InChI is InChI=1S/C38H52N10O6/c1-27-21-46(22-28(2)53-27)33-7-9-34(10-8-33)48-24-35(37(45-48)52-16-15-51-14-13-50-12-11-49-4)44-38-41-19-32(20-42-38)30-5-6-31(18-39)36(17-30)54-29(3)23-47-26-40-25-43-47/h5-6,17,19-20,24-29,33-34H,7-16,21-23H2,1-4H3,(H,41,42,44)/t27-,28+,29-,33-,34-/m0/s1. The summed E-state index contributed by atoms with van der Waals surface area (Å²) in [4.78, 5) is 15.8. The van der Waals surface area contributed by atoms with Crippen molar-refractivity contribution in [2.45, 2.75) is 83.4 Å². The number of nitriles is 1. The number of anilines is 2. The molecule has 0 radical (unpaired) electrons. The third-order valence-corrected chi connectivity index (χ3v) is 9.55. The molecule has 1 saturated carbocycles. The van der Waals surface area contributed by atoms with Crippen molar-refractivity contribution in [1.29, 1.82) is 5.26 Å². The van der Waals surface area contributed by atoms with Gasteiger partial charge >= 0.3 is 0 Å². The highest BCUT2D eigenvalue weighted by molar-refractivity contribution is 5.67. The molecule has 16 heteroatoms. The van der Waals surface area contributed by atoms with E-state index in [2.05, 4.69) is 50.2 Å². The van der Waals surface area contributed by atoms with Gasteiger partial charge in [-0.25, -0.2) is 19.6 Å². The molecule has 1 aliphatic carbocycles. The first-order valence-electron chi connectivity index (χ1n) is 18.8. The molecule has 1 saturated heterocycles. The second-order valence-electron chi connectivity index (χ2n) is 13.9. The molecule has 16 nitrogen and oxygen atoms in total. The number of methoxy groups -OCH3 is 1. The van der Waals surface area contributed by atoms with Crippen molar-refractivity contribution in [2.75, 3.05) is 65.2 Å². The van der Waals surface area contributed by atoms with Gasteiger partial charge in [0.2, 0.25) is 5.95 Å². The average Bonchev–Trinajstić information content (AvgIpc) is 3.84. The van der Waals surface area contributed by atoms with Gasteiger partial charge < -0.3 is 33.7 Å². The molecule has 4 heterocycles. The average molecular weight is 745 g/mol. The van der Waals surface area contributed by atoms with Gasteiger partial charge in [-0.05, 0) is 64.2 Å². The van der Waals surface area contributed by atoms with Crippen LogP contribution in [-0.4, -0.2) is 124 Å². The summed E-state index contributed by atoms with van der Waals surface area (Å²) in [5.41, 5.74) is 2.71. The topological polar surface area (TPSA) is 169 Å². The molecule has 1 aliphatic heterocycles. The quantitative estimate of drug-likeness (QED) is 0.132. The Labute approximate surface area is 316 Å². The van der Waals surface area contributed by atoms with Crippen LogP contribution in [0.3, 0.4) is 0 Å². The molecule has 0 bridgehead atoms. The van der Waals surface area contributed by atoms with Gasteiger partial charge in [0, 0.05) is 44.2 Å². The third kappa shape index (κ3) is 11.0. The number of morpholine rings is 1. The van der Waals surface area contributed by atoms with Crippen molar-refractivity contribution in [3.05, 3.63) is 55.0 Å². The molecular weight excluding hydrogens is 692 g/mol. The first-order chi connectivity index (χ1) is 26.4. The number of benzene rings is 1. The minimum absolute atomic E-state index is 0.242. The molecule has 1 N–H and O–H groups in total. The monoisotopic (exact) mass is 744 g/mol. The first kappa shape index (κ1) is 39.0. The lowest BCUT2D eigenvalue weighted by molar-refractivity contribution is -0.0852. The molecule has 6 rings (SSSR count). The van der Waals surface area contributed by atoms with Gasteiger partial charge in [0.1, 0.15) is 42.9 Å². The van der Waals surface area contributed by atoms with Crippen molar-refractivity contribution in [3.8, 4) is 28.8 Å². The van der Waals surface area contributed by atoms with Gasteiger partial charge in [0.05, 0.1) is 69.6 Å². The van der Waals surface area contributed by atoms with Crippen LogP contribution in [0.15, 0.2) is 49.4 Å². The molecule has 2 aliphatic rings. The third-order valence-electron chi connectivity index (χ3n) is 9.55. The molecule has 3 aromatic heterocycles. The van der Waals surface area contributed by atoms with E-state index in [1.54, 1.807) is 36.6 Å². The van der Waals surface area contributed by atoms with E-state index < -0.39 is 0 Å². The van der Waals surface area contributed by atoms with Gasteiger partial charge in [-0.3, -0.25) is 9.58 Å². The number of hydrogen-bond acceptors (Lipinski definition) is 14. The Hall–Kier alpha value is -4.66. The largest absolute Gasteiger partial charge is 0.487 e. The number of rotatable bonds is 19. The van der Waals surface area contributed by atoms with Crippen LogP contribution in [-0.2, 0) is 25.5 Å². The van der Waals surface area contributed by atoms with E-state index in [-0.39, 0.29) is 24.4 Å². The summed E-state index contributed by atoms with van der Waals surface area (Å²) >= 11 is 0. The van der Waals surface area contributed by atoms with E-state index in [9.17, 15) is 5.26 Å². The van der Waals surface area contributed by atoms with Crippen molar-refractivity contribution in [2.24, 2.45) is 0 Å². The normalized spacial score (nSPS) is 21.0. The molecule has 0 spiro atoms. The predicted molar refractivity (Wildman–Crippen MR) is 200 cm³/mol. The zero-order valence-electron chi connectivity index (χ0n) is 31.7. The van der Waals surface area contributed by atoms with E-state index >= 15 is 0 Å². The van der Waals surface area contributed by atoms with Crippen molar-refractivity contribution in [1.82, 2.24) is 39.4 Å². The first-order valence-corrected chi connectivity index (χ1v) is 18.8. The van der Waals surface area contributed by atoms with E-state index in [0.29, 0.717) is 81.1 Å². The van der Waals surface area contributed by atoms with Crippen LogP contribution in [0.4, 0.5) is 11.6 Å². The van der Waals surface area contributed by atoms with Crippen LogP contribution >= 0.6 is 0 Å². The lowest BCUT2D eigenvalue weighted by Gasteiger charge is -2.42. The lowest BCUT2D eigenvalue weighted by Crippen LogP contribution is -2.51. The number of hydrogen-bond donors (Lipinski definition) is 1. The van der Waals surface area contributed by atoms with Crippen molar-refractivity contribution in [3.63, 3.8) is 0 Å². The summed E-state index contributed by atoms with van der Waals surface area (Å²) in [5.74, 6) is 1.35. The van der Waals surface area contributed by atoms with Crippen LogP contribution in [0.1, 0.15) is 58.1 Å². The van der Waals surface area contributed by atoms with Crippen molar-refractivity contribution < 1.29 is 28.4 Å². The summed E-state index contributed by atoms with van der Waals surface area (Å²) in [6.07, 6.45) is 13.1. The van der Waals surface area contributed by atoms with Gasteiger partial charge in [-0.15, -0.1) is 5.10 Å². The molecule has 290 valence electrons. The van der Waals surface area contributed by atoms with Crippen LogP contribution in [0.25, 0.3) is 11.1 Å². The molecule has 1 aromatic carbocycles. The number of nitrogens with zero attached hydrogens (tertiary/aromatic N) is 9. The Bertz CT molecular complexity index is 1750. The highest BCUT2D eigenvalue weighted by atomic mass is 16.6. The van der Waals surface area contributed by atoms with Gasteiger partial charge in [-0.2, -0.15) is 10.4 Å². The van der Waals surface area contributed by atoms with Crippen LogP contribution in [0.2, 0.25) is 0 Å². The summed E-state index contributed by atoms with van der Waals surface area (Å²) < 4.78 is 38.2. The van der Waals surface area contributed by atoms with E-state index in [1.807, 2.05) is 29.9 Å². The SMILES string of the molecule is COCCOCCOCCOc1nn([C@H]2CC[C@H](N3C[C@@H](C)O[C@@H](C)C3)CC2)cc1Nc1ncc(-c2ccc(C#N)c(O[C@@H](C)Cn3cncn3)c2)cn1. The summed E-state index contributed by atoms with van der Waals surface area (Å²) in [6, 6.07) is 8.46. The molecule has 0 amide bonds. The number of nitrogens with one attached hydrogen (secondary N) is 1. The van der Waals surface area contributed by atoms with Crippen LogP contribution in [0, 0.1) is 11.3 Å². The fraction of sp³-hybridized carbons (Fsp3) is 0.579. The minimum Gasteiger partial charge on any atom is -0.487 e. The Kier molecular flexibility index (Phi) is 14.2. The number of aromatic nitrogens is 7. The minimum atomic E-state index is -0.242. The zero-order valence-corrected chi connectivity index (χ0v) is 31.7. The van der Waals surface area contributed by atoms with E-state index in [4.69, 9.17) is 33.5 Å². The maximum absolute atomic E-state index is 9.72. The maximum atomic E-state index is 9.72. The molecular formula is C38H52N10O6. The predicted octanol–water partition coefficient (Wildman–Crippen LogP) is 4.67. The Morgan fingerprint density at radius 3 is 2.33 bits per heavy atom. The second kappa shape index (κ2) is 19.6. The zero-order chi connectivity index (χ0) is 37.7. The molecule has 54 heavy (non-hydrogen) atoms. The molecule has 2 fully saturated rings. The van der Waals surface area contributed by atoms with E-state index in [1.165, 1.54) is 6.33 Å². The van der Waals surface area contributed by atoms with Crippen LogP contribution < -0.4 is 14.8 Å². The van der Waals surface area contributed by atoms with E-state index in [0.717, 1.165) is 49.9 Å². The lowest BCUT2D eigenvalue weighted by atomic mass is 9.89. The summed E-state index contributed by atoms with van der Waals surface area (Å²) in [6.45, 7) is 11.5. The van der Waals surface area contributed by atoms with Gasteiger partial charge in [0.25, 0.3) is 5.88 Å². The highest BCUT2D eigenvalue weighted by Gasteiger charge is 2.32. The number of ether oxygens (including phenoxy) is 6. The summed E-state index contributed by atoms with van der Waals surface area (Å²) in [7, 11) is 1.65. The highest BCUT2D eigenvalue weighted by Crippen LogP contribution is 2.35. The fourth-order valence-corrected chi connectivity index (χ4v) is 7.02. The van der Waals surface area contributed by atoms with Gasteiger partial charge in [-0.1, -0.05) is 6.07 Å². The second-order valence-corrected chi connectivity index (χ2v) is 13.9. The fourth-order valence-electron chi connectivity index (χ4n) is 7.02. The maximum Gasteiger partial charge on any atom is 0.257 e. The molecule has 4 aromatic rings. The molecule has 3 atom stereocenters. The Balaban J connectivity index is 1.10. The smallest absolute Gasteiger partial charge is 0.257 e. The van der Waals surface area contributed by atoms with Gasteiger partial charge in [0.15, 0.2) is 0 Å². The van der Waals surface area contributed by atoms with Crippen molar-refractivity contribution >= 4 is 11.6 Å². The van der Waals surface area contributed by atoms with Crippen LogP contribution in [0.5, 0.6) is 11.6 Å². The Morgan fingerprint density at radius 2 is 1.65 bits per heavy atom. The Morgan fingerprint density at radius 1 is 0.944 bits per heavy atom. The molecule has 0 unspecified atom stereocenters. The summed E-state index contributed by atoms with van der Waals surface area (Å²) in [5, 5.41) is 22.1.